The second kappa shape index (κ2) is 3.66. The van der Waals surface area contributed by atoms with Gasteiger partial charge in [-0.3, -0.25) is 9.48 Å². The first-order valence-corrected chi connectivity index (χ1v) is 5.21. The van der Waals surface area contributed by atoms with Crippen LogP contribution in [0, 0.1) is 0 Å². The van der Waals surface area contributed by atoms with Gasteiger partial charge in [0.2, 0.25) is 0 Å². The highest BCUT2D eigenvalue weighted by Crippen LogP contribution is 2.18. The number of hydrogen-bond donors (Lipinski definition) is 2. The van der Waals surface area contributed by atoms with E-state index in [1.54, 1.807) is 11.7 Å². The van der Waals surface area contributed by atoms with Gasteiger partial charge >= 0.3 is 0 Å². The third-order valence-corrected chi connectivity index (χ3v) is 2.68. The van der Waals surface area contributed by atoms with Crippen molar-refractivity contribution in [2.75, 3.05) is 0 Å². The van der Waals surface area contributed by atoms with Gasteiger partial charge in [-0.05, 0) is 18.9 Å². The van der Waals surface area contributed by atoms with E-state index in [1.807, 2.05) is 13.0 Å². The average molecular weight is 208 g/mol. The summed E-state index contributed by atoms with van der Waals surface area (Å²) >= 11 is 0. The van der Waals surface area contributed by atoms with Gasteiger partial charge in [-0.2, -0.15) is 5.10 Å². The lowest BCUT2D eigenvalue weighted by molar-refractivity contribution is 0.0941. The summed E-state index contributed by atoms with van der Waals surface area (Å²) in [6.07, 6.45) is 1.72. The van der Waals surface area contributed by atoms with Crippen molar-refractivity contribution in [3.63, 3.8) is 0 Å². The Morgan fingerprint density at radius 2 is 2.47 bits per heavy atom. The third kappa shape index (κ3) is 2.02. The first kappa shape index (κ1) is 10.2. The Bertz CT molecular complexity index is 385. The number of hydrogen-bond acceptors (Lipinski definition) is 3. The van der Waals surface area contributed by atoms with Crippen molar-refractivity contribution in [2.45, 2.75) is 31.8 Å². The highest BCUT2D eigenvalue weighted by Gasteiger charge is 2.35. The van der Waals surface area contributed by atoms with E-state index in [0.717, 1.165) is 18.5 Å². The number of aryl methyl sites for hydroxylation is 2. The fourth-order valence-electron chi connectivity index (χ4n) is 1.53. The Balaban J connectivity index is 2.07. The zero-order valence-electron chi connectivity index (χ0n) is 9.03. The Morgan fingerprint density at radius 3 is 2.93 bits per heavy atom. The zero-order valence-corrected chi connectivity index (χ0v) is 9.03. The van der Waals surface area contributed by atoms with Crippen LogP contribution in [0.25, 0.3) is 0 Å². The van der Waals surface area contributed by atoms with Crippen molar-refractivity contribution >= 4 is 5.91 Å². The van der Waals surface area contributed by atoms with Crippen LogP contribution in [0.15, 0.2) is 6.07 Å². The second-order valence-electron chi connectivity index (χ2n) is 3.98. The van der Waals surface area contributed by atoms with Crippen LogP contribution in [0.5, 0.6) is 0 Å². The molecule has 5 heteroatoms. The molecule has 15 heavy (non-hydrogen) atoms. The van der Waals surface area contributed by atoms with Crippen molar-refractivity contribution in [3.05, 3.63) is 17.5 Å². The molecule has 1 aliphatic carbocycles. The largest absolute Gasteiger partial charge is 0.346 e. The fraction of sp³-hybridized carbons (Fsp3) is 0.600. The van der Waals surface area contributed by atoms with E-state index in [9.17, 15) is 4.79 Å². The van der Waals surface area contributed by atoms with Gasteiger partial charge in [-0.25, -0.2) is 0 Å². The lowest BCUT2D eigenvalue weighted by atomic mass is 10.3. The van der Waals surface area contributed by atoms with E-state index in [4.69, 9.17) is 5.73 Å². The van der Waals surface area contributed by atoms with Gasteiger partial charge in [0.25, 0.3) is 5.91 Å². The molecule has 2 atom stereocenters. The summed E-state index contributed by atoms with van der Waals surface area (Å²) in [4.78, 5) is 11.8. The molecule has 0 saturated heterocycles. The normalized spacial score (nSPS) is 23.9. The lowest BCUT2D eigenvalue weighted by Gasteiger charge is -2.02. The topological polar surface area (TPSA) is 72.9 Å². The number of carbonyl (C=O) groups is 1. The van der Waals surface area contributed by atoms with Gasteiger partial charge in [-0.15, -0.1) is 0 Å². The predicted octanol–water partition coefficient (Wildman–Crippen LogP) is -0.188. The lowest BCUT2D eigenvalue weighted by Crippen LogP contribution is -2.31. The molecule has 2 rings (SSSR count). The summed E-state index contributed by atoms with van der Waals surface area (Å²) in [5, 5.41) is 7.09. The smallest absolute Gasteiger partial charge is 0.269 e. The van der Waals surface area contributed by atoms with Gasteiger partial charge < -0.3 is 11.1 Å². The number of nitrogens with two attached hydrogens (primary N) is 1. The number of rotatable bonds is 3. The SMILES string of the molecule is CCc1cc(C(=O)NC2CC2N)n(C)n1. The summed E-state index contributed by atoms with van der Waals surface area (Å²) in [6.45, 7) is 2.01. The summed E-state index contributed by atoms with van der Waals surface area (Å²) in [6, 6.07) is 2.11. The highest BCUT2D eigenvalue weighted by molar-refractivity contribution is 5.93. The Kier molecular flexibility index (Phi) is 2.48. The summed E-state index contributed by atoms with van der Waals surface area (Å²) < 4.78 is 1.61. The molecule has 1 saturated carbocycles. The fourth-order valence-corrected chi connectivity index (χ4v) is 1.53. The molecular formula is C10H16N4O. The zero-order chi connectivity index (χ0) is 11.0. The minimum absolute atomic E-state index is 0.0809. The quantitative estimate of drug-likeness (QED) is 0.723. The Labute approximate surface area is 88.6 Å². The molecule has 3 N–H and O–H groups in total. The van der Waals surface area contributed by atoms with E-state index < -0.39 is 0 Å². The molecule has 5 nitrogen and oxygen atoms in total. The summed E-state index contributed by atoms with van der Waals surface area (Å²) in [5.41, 5.74) is 7.16. The molecule has 1 aromatic heterocycles. The maximum absolute atomic E-state index is 11.8. The molecule has 0 spiro atoms. The van der Waals surface area contributed by atoms with Crippen LogP contribution in [-0.4, -0.2) is 27.8 Å². The van der Waals surface area contributed by atoms with E-state index >= 15 is 0 Å². The molecular weight excluding hydrogens is 192 g/mol. The molecule has 0 aromatic carbocycles. The van der Waals surface area contributed by atoms with Crippen LogP contribution in [0.4, 0.5) is 0 Å². The van der Waals surface area contributed by atoms with E-state index in [0.29, 0.717) is 5.69 Å². The van der Waals surface area contributed by atoms with Gasteiger partial charge in [-0.1, -0.05) is 6.92 Å². The maximum atomic E-state index is 11.8. The number of nitrogens with one attached hydrogen (secondary N) is 1. The molecule has 0 aliphatic heterocycles. The highest BCUT2D eigenvalue weighted by atomic mass is 16.2. The van der Waals surface area contributed by atoms with E-state index in [2.05, 4.69) is 10.4 Å². The molecule has 1 fully saturated rings. The standard InChI is InChI=1S/C10H16N4O/c1-3-6-4-9(14(2)13-6)10(15)12-8-5-7(8)11/h4,7-8H,3,5,11H2,1-2H3,(H,12,15). The van der Waals surface area contributed by atoms with Crippen molar-refractivity contribution < 1.29 is 4.79 Å². The number of carbonyl (C=O) groups excluding carboxylic acids is 1. The summed E-state index contributed by atoms with van der Waals surface area (Å²) in [5.74, 6) is -0.0809. The first-order valence-electron chi connectivity index (χ1n) is 5.21. The maximum Gasteiger partial charge on any atom is 0.269 e. The average Bonchev–Trinajstić information content (AvgIpc) is 2.75. The summed E-state index contributed by atoms with van der Waals surface area (Å²) in [7, 11) is 1.78. The molecule has 82 valence electrons. The van der Waals surface area contributed by atoms with Gasteiger partial charge in [0.05, 0.1) is 5.69 Å². The van der Waals surface area contributed by atoms with Crippen molar-refractivity contribution in [1.82, 2.24) is 15.1 Å². The monoisotopic (exact) mass is 208 g/mol. The van der Waals surface area contributed by atoms with Crippen LogP contribution >= 0.6 is 0 Å². The van der Waals surface area contributed by atoms with Crippen LogP contribution in [-0.2, 0) is 13.5 Å². The Morgan fingerprint density at radius 1 is 1.80 bits per heavy atom. The van der Waals surface area contributed by atoms with Crippen molar-refractivity contribution in [2.24, 2.45) is 12.8 Å². The van der Waals surface area contributed by atoms with Gasteiger partial charge in [0, 0.05) is 19.1 Å². The van der Waals surface area contributed by atoms with Crippen molar-refractivity contribution in [3.8, 4) is 0 Å². The van der Waals surface area contributed by atoms with Gasteiger partial charge in [0.15, 0.2) is 0 Å². The number of nitrogens with zero attached hydrogens (tertiary/aromatic N) is 2. The first-order chi connectivity index (χ1) is 7.11. The molecule has 1 aliphatic rings. The molecule has 2 unspecified atom stereocenters. The number of aromatic nitrogens is 2. The minimum Gasteiger partial charge on any atom is -0.346 e. The molecule has 1 aromatic rings. The second-order valence-corrected chi connectivity index (χ2v) is 3.98. The third-order valence-electron chi connectivity index (χ3n) is 2.68. The molecule has 0 radical (unpaired) electrons. The van der Waals surface area contributed by atoms with Crippen LogP contribution in [0.3, 0.4) is 0 Å². The van der Waals surface area contributed by atoms with Crippen LogP contribution in [0.2, 0.25) is 0 Å². The minimum atomic E-state index is -0.0809. The van der Waals surface area contributed by atoms with Crippen LogP contribution < -0.4 is 11.1 Å². The molecule has 0 bridgehead atoms. The van der Waals surface area contributed by atoms with Crippen LogP contribution in [0.1, 0.15) is 29.5 Å². The van der Waals surface area contributed by atoms with E-state index in [-0.39, 0.29) is 18.0 Å². The molecule has 1 amide bonds. The molecule has 1 heterocycles. The Hall–Kier alpha value is -1.36. The predicted molar refractivity (Wildman–Crippen MR) is 56.4 cm³/mol. The van der Waals surface area contributed by atoms with Crippen molar-refractivity contribution in [1.29, 1.82) is 0 Å². The van der Waals surface area contributed by atoms with E-state index in [1.165, 1.54) is 0 Å². The van der Waals surface area contributed by atoms with Gasteiger partial charge in [0.1, 0.15) is 5.69 Å². The number of amides is 1.